The Kier molecular flexibility index (Phi) is 4.18. The number of carbonyl (C=O) groups is 1. The Morgan fingerprint density at radius 1 is 1.10 bits per heavy atom. The zero-order chi connectivity index (χ0) is 21.2. The standard InChI is InChI=1S/C23H22O7/c1-10(2)15-8-13-14(28-15)6-5-11-20(24)19-12-7-17(26-3)18(27-4)9-16(12)29-23(25)22(19)30-21(11)13/h5-7,9,15,19,22-23,25H,1,8H2,2-4H3/t15-,19-,22+,23+/m0/s1. The Morgan fingerprint density at radius 2 is 1.83 bits per heavy atom. The molecule has 7 heteroatoms. The van der Waals surface area contributed by atoms with Crippen molar-refractivity contribution in [2.45, 2.75) is 37.8 Å². The van der Waals surface area contributed by atoms with Crippen LogP contribution >= 0.6 is 0 Å². The van der Waals surface area contributed by atoms with E-state index in [-0.39, 0.29) is 11.9 Å². The van der Waals surface area contributed by atoms with Gasteiger partial charge in [0, 0.05) is 23.6 Å². The summed E-state index contributed by atoms with van der Waals surface area (Å²) in [6.45, 7) is 5.87. The topological polar surface area (TPSA) is 83.5 Å². The van der Waals surface area contributed by atoms with Crippen molar-refractivity contribution in [3.63, 3.8) is 0 Å². The Hall–Kier alpha value is -3.19. The van der Waals surface area contributed by atoms with Crippen molar-refractivity contribution in [2.75, 3.05) is 14.2 Å². The summed E-state index contributed by atoms with van der Waals surface area (Å²) in [7, 11) is 3.04. The molecule has 156 valence electrons. The van der Waals surface area contributed by atoms with Crippen LogP contribution in [0.5, 0.6) is 28.7 Å². The number of methoxy groups -OCH3 is 2. The molecule has 0 radical (unpaired) electrons. The summed E-state index contributed by atoms with van der Waals surface area (Å²) < 4.78 is 28.5. The minimum absolute atomic E-state index is 0.140. The molecule has 0 spiro atoms. The lowest BCUT2D eigenvalue weighted by atomic mass is 9.80. The zero-order valence-corrected chi connectivity index (χ0v) is 16.9. The number of carbonyl (C=O) groups excluding carboxylic acids is 1. The smallest absolute Gasteiger partial charge is 0.235 e. The normalized spacial score (nSPS) is 25.5. The van der Waals surface area contributed by atoms with E-state index < -0.39 is 18.3 Å². The Bertz CT molecular complexity index is 1070. The molecule has 1 N–H and O–H groups in total. The van der Waals surface area contributed by atoms with Crippen LogP contribution in [-0.4, -0.2) is 43.6 Å². The first kappa shape index (κ1) is 18.8. The van der Waals surface area contributed by atoms with E-state index in [9.17, 15) is 9.90 Å². The van der Waals surface area contributed by atoms with Crippen LogP contribution in [0.15, 0.2) is 36.4 Å². The average molecular weight is 410 g/mol. The molecular weight excluding hydrogens is 388 g/mol. The summed E-state index contributed by atoms with van der Waals surface area (Å²) in [5.41, 5.74) is 2.78. The van der Waals surface area contributed by atoms with Gasteiger partial charge >= 0.3 is 0 Å². The van der Waals surface area contributed by atoms with Crippen LogP contribution in [-0.2, 0) is 6.42 Å². The third-order valence-electron chi connectivity index (χ3n) is 5.94. The van der Waals surface area contributed by atoms with Crippen molar-refractivity contribution in [1.29, 1.82) is 0 Å². The third kappa shape index (κ3) is 2.58. The quantitative estimate of drug-likeness (QED) is 0.779. The number of hydrogen-bond donors (Lipinski definition) is 1. The molecule has 0 saturated heterocycles. The van der Waals surface area contributed by atoms with Gasteiger partial charge in [-0.2, -0.15) is 0 Å². The first-order valence-electron chi connectivity index (χ1n) is 9.72. The van der Waals surface area contributed by atoms with E-state index >= 15 is 0 Å². The van der Waals surface area contributed by atoms with Crippen LogP contribution in [0, 0.1) is 0 Å². The number of rotatable bonds is 3. The second kappa shape index (κ2) is 6.67. The number of ether oxygens (including phenoxy) is 5. The van der Waals surface area contributed by atoms with Crippen LogP contribution in [0.4, 0.5) is 0 Å². The largest absolute Gasteiger partial charge is 0.493 e. The van der Waals surface area contributed by atoms with Crippen molar-refractivity contribution in [2.24, 2.45) is 0 Å². The van der Waals surface area contributed by atoms with Crippen molar-refractivity contribution >= 4 is 5.78 Å². The fourth-order valence-corrected chi connectivity index (χ4v) is 4.38. The molecule has 0 bridgehead atoms. The number of aliphatic hydroxyl groups is 1. The monoisotopic (exact) mass is 410 g/mol. The van der Waals surface area contributed by atoms with Crippen molar-refractivity contribution in [1.82, 2.24) is 0 Å². The number of hydrogen-bond acceptors (Lipinski definition) is 7. The molecule has 5 rings (SSSR count). The Labute approximate surface area is 173 Å². The highest BCUT2D eigenvalue weighted by atomic mass is 16.6. The summed E-state index contributed by atoms with van der Waals surface area (Å²) in [4.78, 5) is 13.6. The van der Waals surface area contributed by atoms with Gasteiger partial charge in [0.25, 0.3) is 0 Å². The molecule has 0 aliphatic carbocycles. The average Bonchev–Trinajstić information content (AvgIpc) is 3.18. The van der Waals surface area contributed by atoms with Gasteiger partial charge in [-0.15, -0.1) is 0 Å². The highest BCUT2D eigenvalue weighted by molar-refractivity contribution is 6.06. The molecule has 0 unspecified atom stereocenters. The summed E-state index contributed by atoms with van der Waals surface area (Å²) in [6, 6.07) is 6.84. The van der Waals surface area contributed by atoms with Crippen LogP contribution in [0.1, 0.15) is 34.3 Å². The van der Waals surface area contributed by atoms with Crippen molar-refractivity contribution < 1.29 is 33.6 Å². The predicted octanol–water partition coefficient (Wildman–Crippen LogP) is 3.02. The molecule has 30 heavy (non-hydrogen) atoms. The van der Waals surface area contributed by atoms with Crippen LogP contribution < -0.4 is 23.7 Å². The van der Waals surface area contributed by atoms with Crippen LogP contribution in [0.3, 0.4) is 0 Å². The molecule has 3 aliphatic rings. The number of aliphatic hydroxyl groups excluding tert-OH is 1. The van der Waals surface area contributed by atoms with E-state index in [0.29, 0.717) is 46.3 Å². The van der Waals surface area contributed by atoms with Gasteiger partial charge in [0.1, 0.15) is 23.4 Å². The molecule has 0 saturated carbocycles. The van der Waals surface area contributed by atoms with Crippen LogP contribution in [0.25, 0.3) is 0 Å². The second-order valence-electron chi connectivity index (χ2n) is 7.75. The lowest BCUT2D eigenvalue weighted by Gasteiger charge is -2.40. The van der Waals surface area contributed by atoms with Gasteiger partial charge in [-0.25, -0.2) is 0 Å². The highest BCUT2D eigenvalue weighted by Gasteiger charge is 2.49. The number of ketones is 1. The van der Waals surface area contributed by atoms with Crippen molar-refractivity contribution in [3.8, 4) is 28.7 Å². The number of benzene rings is 2. The summed E-state index contributed by atoms with van der Waals surface area (Å²) >= 11 is 0. The molecule has 7 nitrogen and oxygen atoms in total. The summed E-state index contributed by atoms with van der Waals surface area (Å²) in [6.07, 6.45) is -1.79. The zero-order valence-electron chi connectivity index (χ0n) is 16.9. The molecule has 0 fully saturated rings. The van der Waals surface area contributed by atoms with Gasteiger partial charge in [0.05, 0.1) is 25.7 Å². The maximum Gasteiger partial charge on any atom is 0.235 e. The fourth-order valence-electron chi connectivity index (χ4n) is 4.38. The Morgan fingerprint density at radius 3 is 2.53 bits per heavy atom. The van der Waals surface area contributed by atoms with Gasteiger partial charge in [-0.1, -0.05) is 6.58 Å². The minimum atomic E-state index is -1.31. The van der Waals surface area contributed by atoms with Crippen molar-refractivity contribution in [3.05, 3.63) is 53.1 Å². The van der Waals surface area contributed by atoms with Gasteiger partial charge in [0.15, 0.2) is 23.4 Å². The van der Waals surface area contributed by atoms with Gasteiger partial charge in [0.2, 0.25) is 6.29 Å². The molecule has 2 aromatic carbocycles. The SMILES string of the molecule is C=C(C)[C@@H]1Cc2c(ccc3c2O[C@H]2[C@H](O)Oc4cc(OC)c(OC)cc4[C@H]2C3=O)O1. The summed E-state index contributed by atoms with van der Waals surface area (Å²) in [5, 5.41) is 10.7. The molecule has 0 amide bonds. The van der Waals surface area contributed by atoms with E-state index in [1.807, 2.05) is 6.92 Å². The molecule has 3 aliphatic heterocycles. The predicted molar refractivity (Wildman–Crippen MR) is 107 cm³/mol. The molecule has 4 atom stereocenters. The van der Waals surface area contributed by atoms with Gasteiger partial charge in [-0.3, -0.25) is 4.79 Å². The maximum absolute atomic E-state index is 13.6. The lowest BCUT2D eigenvalue weighted by molar-refractivity contribution is -0.112. The minimum Gasteiger partial charge on any atom is -0.493 e. The van der Waals surface area contributed by atoms with Gasteiger partial charge in [-0.05, 0) is 30.7 Å². The maximum atomic E-state index is 13.6. The summed E-state index contributed by atoms with van der Waals surface area (Å²) in [5.74, 6) is 1.55. The van der Waals surface area contributed by atoms with E-state index in [1.54, 1.807) is 24.3 Å². The number of fused-ring (bicyclic) bond motifs is 6. The molecule has 3 heterocycles. The molecular formula is C23H22O7. The highest BCUT2D eigenvalue weighted by Crippen LogP contribution is 2.50. The third-order valence-corrected chi connectivity index (χ3v) is 5.94. The fraction of sp³-hybridized carbons (Fsp3) is 0.348. The molecule has 2 aromatic rings. The van der Waals surface area contributed by atoms with E-state index in [1.165, 1.54) is 14.2 Å². The second-order valence-corrected chi connectivity index (χ2v) is 7.75. The van der Waals surface area contributed by atoms with Crippen LogP contribution in [0.2, 0.25) is 0 Å². The number of Topliss-reactive ketones (excluding diaryl/α,β-unsaturated/α-hetero) is 1. The first-order valence-corrected chi connectivity index (χ1v) is 9.72. The van der Waals surface area contributed by atoms with Gasteiger partial charge < -0.3 is 28.8 Å². The molecule has 0 aromatic heterocycles. The van der Waals surface area contributed by atoms with E-state index in [0.717, 1.165) is 11.1 Å². The lowest BCUT2D eigenvalue weighted by Crippen LogP contribution is -2.49. The Balaban J connectivity index is 1.61. The first-order chi connectivity index (χ1) is 14.4. The van der Waals surface area contributed by atoms with E-state index in [2.05, 4.69) is 6.58 Å². The van der Waals surface area contributed by atoms with E-state index in [4.69, 9.17) is 23.7 Å².